The Morgan fingerprint density at radius 3 is 2.64 bits per heavy atom. The number of hydroxylamine groups is 1. The van der Waals surface area contributed by atoms with E-state index in [1.807, 2.05) is 13.8 Å². The highest BCUT2D eigenvalue weighted by atomic mass is 16.7. The minimum Gasteiger partial charge on any atom is -0.367 e. The second-order valence-corrected chi connectivity index (χ2v) is 2.24. The van der Waals surface area contributed by atoms with E-state index in [0.717, 1.165) is 6.42 Å². The van der Waals surface area contributed by atoms with Gasteiger partial charge in [0.15, 0.2) is 0 Å². The van der Waals surface area contributed by atoms with Crippen molar-refractivity contribution in [3.8, 4) is 0 Å². The molecular formula is C8H15NO2. The normalized spacial score (nSPS) is 9.27. The van der Waals surface area contributed by atoms with Crippen LogP contribution in [0.1, 0.15) is 26.7 Å². The fourth-order valence-corrected chi connectivity index (χ4v) is 0.435. The van der Waals surface area contributed by atoms with Crippen LogP contribution in [0.4, 0.5) is 0 Å². The number of carbonyl (C=O) groups excluding carboxylic acids is 1. The van der Waals surface area contributed by atoms with E-state index < -0.39 is 0 Å². The third-order valence-corrected chi connectivity index (χ3v) is 1.23. The summed E-state index contributed by atoms with van der Waals surface area (Å²) in [6.07, 6.45) is 1.57. The van der Waals surface area contributed by atoms with Crippen molar-refractivity contribution >= 4 is 5.97 Å². The lowest BCUT2D eigenvalue weighted by Gasteiger charge is -2.03. The fourth-order valence-electron chi connectivity index (χ4n) is 0.435. The van der Waals surface area contributed by atoms with Gasteiger partial charge < -0.3 is 4.84 Å². The van der Waals surface area contributed by atoms with Crippen molar-refractivity contribution in [1.82, 2.24) is 5.48 Å². The minimum atomic E-state index is -0.360. The molecule has 3 heteroatoms. The summed E-state index contributed by atoms with van der Waals surface area (Å²) < 4.78 is 0. The average Bonchev–Trinajstić information content (AvgIpc) is 2.03. The molecule has 0 unspecified atom stereocenters. The molecule has 0 radical (unpaired) electrons. The second-order valence-electron chi connectivity index (χ2n) is 2.24. The summed E-state index contributed by atoms with van der Waals surface area (Å²) in [6, 6.07) is 0. The molecule has 0 fully saturated rings. The van der Waals surface area contributed by atoms with Gasteiger partial charge in [-0.3, -0.25) is 0 Å². The first-order valence-electron chi connectivity index (χ1n) is 3.84. The standard InChI is InChI=1S/C8H15NO2/c1-4-6-9-11-8(10)7(3)5-2/h9H,3-6H2,1-2H3. The molecule has 0 atom stereocenters. The molecule has 0 saturated carbocycles. The maximum absolute atomic E-state index is 10.9. The maximum atomic E-state index is 10.9. The van der Waals surface area contributed by atoms with Gasteiger partial charge in [-0.15, -0.1) is 0 Å². The number of hydrogen-bond acceptors (Lipinski definition) is 3. The van der Waals surface area contributed by atoms with Crippen LogP contribution in [0, 0.1) is 0 Å². The Labute approximate surface area is 67.4 Å². The summed E-state index contributed by atoms with van der Waals surface area (Å²) in [5, 5.41) is 0. The van der Waals surface area contributed by atoms with Gasteiger partial charge in [-0.25, -0.2) is 4.79 Å². The van der Waals surface area contributed by atoms with Crippen LogP contribution in [0.25, 0.3) is 0 Å². The Bertz CT molecular complexity index is 143. The van der Waals surface area contributed by atoms with Gasteiger partial charge in [0.25, 0.3) is 0 Å². The van der Waals surface area contributed by atoms with Crippen LogP contribution in [0.2, 0.25) is 0 Å². The van der Waals surface area contributed by atoms with E-state index >= 15 is 0 Å². The minimum absolute atomic E-state index is 0.360. The van der Waals surface area contributed by atoms with Crippen molar-refractivity contribution in [2.45, 2.75) is 26.7 Å². The van der Waals surface area contributed by atoms with Crippen molar-refractivity contribution < 1.29 is 9.63 Å². The van der Waals surface area contributed by atoms with Gasteiger partial charge >= 0.3 is 5.97 Å². The molecule has 0 spiro atoms. The molecule has 0 heterocycles. The number of hydrogen-bond donors (Lipinski definition) is 1. The third kappa shape index (κ3) is 4.56. The molecule has 0 aliphatic heterocycles. The van der Waals surface area contributed by atoms with Crippen molar-refractivity contribution in [3.63, 3.8) is 0 Å². The molecule has 0 aliphatic carbocycles. The molecule has 11 heavy (non-hydrogen) atoms. The summed E-state index contributed by atoms with van der Waals surface area (Å²) in [7, 11) is 0. The van der Waals surface area contributed by atoms with Crippen molar-refractivity contribution in [1.29, 1.82) is 0 Å². The highest BCUT2D eigenvalue weighted by Gasteiger charge is 2.04. The van der Waals surface area contributed by atoms with Gasteiger partial charge in [-0.1, -0.05) is 20.4 Å². The lowest BCUT2D eigenvalue weighted by molar-refractivity contribution is -0.146. The Balaban J connectivity index is 3.44. The zero-order valence-corrected chi connectivity index (χ0v) is 7.14. The number of nitrogens with one attached hydrogen (secondary N) is 1. The Morgan fingerprint density at radius 1 is 1.55 bits per heavy atom. The summed E-state index contributed by atoms with van der Waals surface area (Å²) >= 11 is 0. The van der Waals surface area contributed by atoms with Crippen molar-refractivity contribution in [3.05, 3.63) is 12.2 Å². The SMILES string of the molecule is C=C(CC)C(=O)ONCCC. The predicted octanol–water partition coefficient (Wildman–Crippen LogP) is 1.41. The molecule has 0 rings (SSSR count). The molecule has 0 aromatic rings. The molecule has 0 amide bonds. The monoisotopic (exact) mass is 157 g/mol. The quantitative estimate of drug-likeness (QED) is 0.372. The van der Waals surface area contributed by atoms with E-state index in [4.69, 9.17) is 0 Å². The summed E-state index contributed by atoms with van der Waals surface area (Å²) in [5.41, 5.74) is 3.03. The van der Waals surface area contributed by atoms with Gasteiger partial charge in [0.05, 0.1) is 0 Å². The topological polar surface area (TPSA) is 38.3 Å². The van der Waals surface area contributed by atoms with Gasteiger partial charge in [-0.2, -0.15) is 5.48 Å². The second kappa shape index (κ2) is 5.92. The Hall–Kier alpha value is -0.830. The first-order valence-corrected chi connectivity index (χ1v) is 3.84. The average molecular weight is 157 g/mol. The first-order chi connectivity index (χ1) is 5.22. The lowest BCUT2D eigenvalue weighted by atomic mass is 10.2. The Kier molecular flexibility index (Phi) is 5.47. The van der Waals surface area contributed by atoms with E-state index in [2.05, 4.69) is 16.9 Å². The van der Waals surface area contributed by atoms with Crippen LogP contribution >= 0.6 is 0 Å². The molecule has 0 aromatic heterocycles. The first kappa shape index (κ1) is 10.2. The van der Waals surface area contributed by atoms with Crippen LogP contribution < -0.4 is 5.48 Å². The van der Waals surface area contributed by atoms with Crippen LogP contribution in [-0.2, 0) is 9.63 Å². The maximum Gasteiger partial charge on any atom is 0.352 e. The van der Waals surface area contributed by atoms with E-state index in [0.29, 0.717) is 18.5 Å². The van der Waals surface area contributed by atoms with E-state index in [9.17, 15) is 4.79 Å². The lowest BCUT2D eigenvalue weighted by Crippen LogP contribution is -2.21. The highest BCUT2D eigenvalue weighted by molar-refractivity contribution is 5.87. The number of rotatable bonds is 5. The van der Waals surface area contributed by atoms with Crippen LogP contribution in [-0.4, -0.2) is 12.5 Å². The zero-order chi connectivity index (χ0) is 8.69. The van der Waals surface area contributed by atoms with E-state index in [1.165, 1.54) is 0 Å². The van der Waals surface area contributed by atoms with Crippen LogP contribution in [0.3, 0.4) is 0 Å². The summed E-state index contributed by atoms with van der Waals surface area (Å²) in [5.74, 6) is -0.360. The van der Waals surface area contributed by atoms with Crippen LogP contribution in [0.15, 0.2) is 12.2 Å². The van der Waals surface area contributed by atoms with Gasteiger partial charge in [0, 0.05) is 12.1 Å². The largest absolute Gasteiger partial charge is 0.367 e. The zero-order valence-electron chi connectivity index (χ0n) is 7.14. The Morgan fingerprint density at radius 2 is 2.18 bits per heavy atom. The van der Waals surface area contributed by atoms with Gasteiger partial charge in [0.2, 0.25) is 0 Å². The third-order valence-electron chi connectivity index (χ3n) is 1.23. The highest BCUT2D eigenvalue weighted by Crippen LogP contribution is 1.97. The molecule has 0 saturated heterocycles. The van der Waals surface area contributed by atoms with Gasteiger partial charge in [0.1, 0.15) is 0 Å². The number of carbonyl (C=O) groups is 1. The van der Waals surface area contributed by atoms with Crippen molar-refractivity contribution in [2.75, 3.05) is 6.54 Å². The van der Waals surface area contributed by atoms with Crippen molar-refractivity contribution in [2.24, 2.45) is 0 Å². The summed E-state index contributed by atoms with van der Waals surface area (Å²) in [6.45, 7) is 8.08. The molecule has 0 aliphatic rings. The molecular weight excluding hydrogens is 142 g/mol. The summed E-state index contributed by atoms with van der Waals surface area (Å²) in [4.78, 5) is 15.5. The molecule has 3 nitrogen and oxygen atoms in total. The van der Waals surface area contributed by atoms with Crippen LogP contribution in [0.5, 0.6) is 0 Å². The molecule has 0 bridgehead atoms. The van der Waals surface area contributed by atoms with E-state index in [-0.39, 0.29) is 5.97 Å². The predicted molar refractivity (Wildman–Crippen MR) is 43.8 cm³/mol. The van der Waals surface area contributed by atoms with Gasteiger partial charge in [-0.05, 0) is 12.8 Å². The van der Waals surface area contributed by atoms with E-state index in [1.54, 1.807) is 0 Å². The smallest absolute Gasteiger partial charge is 0.352 e. The fraction of sp³-hybridized carbons (Fsp3) is 0.625. The molecule has 64 valence electrons. The molecule has 1 N–H and O–H groups in total. The molecule has 0 aromatic carbocycles.